The Morgan fingerprint density at radius 2 is 1.82 bits per heavy atom. The predicted molar refractivity (Wildman–Crippen MR) is 106 cm³/mol. The number of carbonyl (C=O) groups is 1. The lowest BCUT2D eigenvalue weighted by molar-refractivity contribution is -0.204. The molecule has 3 heterocycles. The summed E-state index contributed by atoms with van der Waals surface area (Å²) in [5, 5.41) is 10.5. The van der Waals surface area contributed by atoms with E-state index < -0.39 is 46.2 Å². The summed E-state index contributed by atoms with van der Waals surface area (Å²) in [6, 6.07) is 3.34. The van der Waals surface area contributed by atoms with Gasteiger partial charge in [0.2, 0.25) is 11.8 Å². The first kappa shape index (κ1) is 22.8. The summed E-state index contributed by atoms with van der Waals surface area (Å²) in [4.78, 5) is 13.7. The van der Waals surface area contributed by atoms with Crippen LogP contribution < -0.4 is 5.32 Å². The van der Waals surface area contributed by atoms with Crippen molar-refractivity contribution in [2.45, 2.75) is 30.9 Å². The topological polar surface area (TPSA) is 71.3 Å². The van der Waals surface area contributed by atoms with Crippen LogP contribution in [0.5, 0.6) is 0 Å². The van der Waals surface area contributed by atoms with Crippen LogP contribution in [0.3, 0.4) is 0 Å². The summed E-state index contributed by atoms with van der Waals surface area (Å²) in [6.45, 7) is 0.818. The van der Waals surface area contributed by atoms with Crippen LogP contribution >= 0.6 is 23.2 Å². The molecule has 33 heavy (non-hydrogen) atoms. The SMILES string of the molecule is O=C(N1CC2(CNCC2c2nnc(C(F)(F)c3ccc(Cl)c(Cl)c3)o2)C1)C1(C(F)(F)F)CC1. The van der Waals surface area contributed by atoms with E-state index in [0.29, 0.717) is 13.1 Å². The molecule has 1 amide bonds. The number of carbonyl (C=O) groups excluding carboxylic acids is 1. The molecule has 13 heteroatoms. The van der Waals surface area contributed by atoms with E-state index in [4.69, 9.17) is 27.6 Å². The van der Waals surface area contributed by atoms with Crippen LogP contribution in [0.1, 0.15) is 36.1 Å². The lowest BCUT2D eigenvalue weighted by Crippen LogP contribution is -2.64. The summed E-state index contributed by atoms with van der Waals surface area (Å²) in [6.07, 6.45) is -5.01. The van der Waals surface area contributed by atoms with Crippen molar-refractivity contribution in [2.24, 2.45) is 10.8 Å². The molecule has 3 fully saturated rings. The lowest BCUT2D eigenvalue weighted by Gasteiger charge is -2.51. The maximum Gasteiger partial charge on any atom is 0.403 e. The zero-order valence-electron chi connectivity index (χ0n) is 16.9. The summed E-state index contributed by atoms with van der Waals surface area (Å²) in [5.74, 6) is -6.07. The third kappa shape index (κ3) is 3.42. The van der Waals surface area contributed by atoms with E-state index in [9.17, 15) is 26.7 Å². The van der Waals surface area contributed by atoms with Crippen molar-refractivity contribution in [2.75, 3.05) is 26.2 Å². The normalized spacial score (nSPS) is 23.6. The third-order valence-corrected chi connectivity index (χ3v) is 7.59. The second-order valence-electron chi connectivity index (χ2n) is 8.94. The minimum Gasteiger partial charge on any atom is -0.419 e. The Hall–Kier alpha value is -1.98. The molecule has 6 nitrogen and oxygen atoms in total. The van der Waals surface area contributed by atoms with E-state index in [1.54, 1.807) is 0 Å². The van der Waals surface area contributed by atoms with Crippen LogP contribution in [0.4, 0.5) is 22.0 Å². The maximum atomic E-state index is 14.9. The van der Waals surface area contributed by atoms with Crippen LogP contribution in [-0.4, -0.2) is 53.4 Å². The van der Waals surface area contributed by atoms with Gasteiger partial charge in [0.1, 0.15) is 5.41 Å². The van der Waals surface area contributed by atoms with Gasteiger partial charge in [-0.25, -0.2) is 0 Å². The number of rotatable bonds is 4. The Bertz CT molecular complexity index is 1110. The number of aromatic nitrogens is 2. The smallest absolute Gasteiger partial charge is 0.403 e. The van der Waals surface area contributed by atoms with Crippen LogP contribution in [0.15, 0.2) is 22.6 Å². The highest BCUT2D eigenvalue weighted by molar-refractivity contribution is 6.42. The number of nitrogens with one attached hydrogen (secondary N) is 1. The average molecular weight is 511 g/mol. The molecule has 1 aliphatic carbocycles. The van der Waals surface area contributed by atoms with Gasteiger partial charge in [0.15, 0.2) is 0 Å². The van der Waals surface area contributed by atoms with Crippen LogP contribution in [0.2, 0.25) is 10.0 Å². The number of halogens is 7. The molecule has 1 aromatic carbocycles. The van der Waals surface area contributed by atoms with Crippen molar-refractivity contribution in [3.8, 4) is 0 Å². The van der Waals surface area contributed by atoms with Crippen molar-refractivity contribution < 1.29 is 31.2 Å². The van der Waals surface area contributed by atoms with Crippen LogP contribution in [0.25, 0.3) is 0 Å². The Balaban J connectivity index is 1.34. The largest absolute Gasteiger partial charge is 0.419 e. The molecule has 0 bridgehead atoms. The van der Waals surface area contributed by atoms with Crippen molar-refractivity contribution in [1.82, 2.24) is 20.4 Å². The van der Waals surface area contributed by atoms with E-state index in [0.717, 1.165) is 12.1 Å². The van der Waals surface area contributed by atoms with Gasteiger partial charge in [-0.3, -0.25) is 4.79 Å². The van der Waals surface area contributed by atoms with Gasteiger partial charge in [-0.1, -0.05) is 29.3 Å². The molecule has 178 valence electrons. The standard InChI is InChI=1S/C20H17Cl2F5N4O2/c21-12-2-1-10(5-13(12)22)19(23,24)15-30-29-14(33-15)11-6-28-7-17(11)8-31(9-17)16(32)18(3-4-18)20(25,26)27/h1-2,5,11,28H,3-4,6-9H2. The van der Waals surface area contributed by atoms with Gasteiger partial charge < -0.3 is 14.6 Å². The second kappa shape index (κ2) is 7.26. The van der Waals surface area contributed by atoms with Gasteiger partial charge in [0.25, 0.3) is 5.89 Å². The molecule has 1 aromatic heterocycles. The number of benzene rings is 1. The number of likely N-dealkylation sites (tertiary alicyclic amines) is 1. The fourth-order valence-electron chi connectivity index (χ4n) is 4.71. The van der Waals surface area contributed by atoms with E-state index >= 15 is 0 Å². The zero-order valence-corrected chi connectivity index (χ0v) is 18.4. The van der Waals surface area contributed by atoms with Crippen LogP contribution in [0, 0.1) is 10.8 Å². The van der Waals surface area contributed by atoms with Crippen molar-refractivity contribution in [3.63, 3.8) is 0 Å². The minimum absolute atomic E-state index is 0.0564. The molecule has 1 N–H and O–H groups in total. The van der Waals surface area contributed by atoms with Gasteiger partial charge in [-0.2, -0.15) is 22.0 Å². The molecule has 2 aromatic rings. The number of hydrogen-bond acceptors (Lipinski definition) is 5. The maximum absolute atomic E-state index is 14.9. The van der Waals surface area contributed by atoms with Crippen LogP contribution in [-0.2, 0) is 10.7 Å². The lowest BCUT2D eigenvalue weighted by atomic mass is 9.71. The fraction of sp³-hybridized carbons (Fsp3) is 0.550. The highest BCUT2D eigenvalue weighted by atomic mass is 35.5. The Labute approximate surface area is 194 Å². The van der Waals surface area contributed by atoms with Gasteiger partial charge in [0, 0.05) is 37.2 Å². The van der Waals surface area contributed by atoms with E-state index in [1.165, 1.54) is 11.0 Å². The van der Waals surface area contributed by atoms with Crippen molar-refractivity contribution in [3.05, 3.63) is 45.6 Å². The molecule has 2 saturated heterocycles. The molecule has 1 atom stereocenters. The van der Waals surface area contributed by atoms with E-state index in [-0.39, 0.29) is 41.9 Å². The third-order valence-electron chi connectivity index (χ3n) is 6.85. The number of alkyl halides is 5. The second-order valence-corrected chi connectivity index (χ2v) is 9.75. The number of hydrogen-bond donors (Lipinski definition) is 1. The Morgan fingerprint density at radius 1 is 1.12 bits per heavy atom. The molecule has 2 aliphatic heterocycles. The Kier molecular flexibility index (Phi) is 5.01. The van der Waals surface area contributed by atoms with Gasteiger partial charge in [0.05, 0.1) is 16.0 Å². The summed E-state index contributed by atoms with van der Waals surface area (Å²) in [7, 11) is 0. The quantitative estimate of drug-likeness (QED) is 0.618. The predicted octanol–water partition coefficient (Wildman–Crippen LogP) is 4.37. The monoisotopic (exact) mass is 510 g/mol. The zero-order chi connectivity index (χ0) is 23.8. The molecular formula is C20H17Cl2F5N4O2. The fourth-order valence-corrected chi connectivity index (χ4v) is 5.01. The molecule has 1 saturated carbocycles. The Morgan fingerprint density at radius 3 is 2.42 bits per heavy atom. The highest BCUT2D eigenvalue weighted by Gasteiger charge is 2.71. The van der Waals surface area contributed by atoms with Crippen molar-refractivity contribution >= 4 is 29.1 Å². The first-order chi connectivity index (χ1) is 15.4. The molecule has 1 spiro atoms. The van der Waals surface area contributed by atoms with E-state index in [2.05, 4.69) is 15.5 Å². The minimum atomic E-state index is -4.59. The van der Waals surface area contributed by atoms with Crippen molar-refractivity contribution in [1.29, 1.82) is 0 Å². The first-order valence-corrected chi connectivity index (χ1v) is 10.9. The molecule has 3 aliphatic rings. The van der Waals surface area contributed by atoms with E-state index in [1.807, 2.05) is 0 Å². The molecular weight excluding hydrogens is 494 g/mol. The van der Waals surface area contributed by atoms with Gasteiger partial charge in [-0.05, 0) is 25.0 Å². The summed E-state index contributed by atoms with van der Waals surface area (Å²) in [5.41, 5.74) is -3.41. The number of amides is 1. The van der Waals surface area contributed by atoms with Gasteiger partial charge in [-0.15, -0.1) is 10.2 Å². The molecule has 5 rings (SSSR count). The summed E-state index contributed by atoms with van der Waals surface area (Å²) >= 11 is 11.6. The average Bonchev–Trinajstić information content (AvgIpc) is 3.19. The highest BCUT2D eigenvalue weighted by Crippen LogP contribution is 2.60. The first-order valence-electron chi connectivity index (χ1n) is 10.1. The van der Waals surface area contributed by atoms with Gasteiger partial charge >= 0.3 is 12.1 Å². The molecule has 1 unspecified atom stereocenters. The molecule has 0 radical (unpaired) electrons. The summed E-state index contributed by atoms with van der Waals surface area (Å²) < 4.78 is 75.1. The number of nitrogens with zero attached hydrogens (tertiary/aromatic N) is 3.